The number of methoxy groups -OCH3 is 1. The lowest BCUT2D eigenvalue weighted by molar-refractivity contribution is -0.142. The molecule has 1 N–H and O–H groups in total. The zero-order valence-corrected chi connectivity index (χ0v) is 13.2. The molecule has 0 aromatic heterocycles. The molecule has 0 spiro atoms. The number of nitrogens with zero attached hydrogens (tertiary/aromatic N) is 1. The first-order valence-electron chi connectivity index (χ1n) is 7.03. The Kier molecular flexibility index (Phi) is 6.42. The van der Waals surface area contributed by atoms with Gasteiger partial charge in [-0.1, -0.05) is 13.8 Å². The third kappa shape index (κ3) is 4.71. The molecule has 1 aliphatic heterocycles. The maximum absolute atomic E-state index is 12.4. The van der Waals surface area contributed by atoms with Gasteiger partial charge >= 0.3 is 5.97 Å². The number of hydrogen-bond acceptors (Lipinski definition) is 4. The fourth-order valence-electron chi connectivity index (χ4n) is 2.57. The van der Waals surface area contributed by atoms with Crippen LogP contribution in [-0.4, -0.2) is 55.4 Å². The first-order valence-corrected chi connectivity index (χ1v) is 8.64. The fraction of sp³-hybridized carbons (Fsp3) is 0.923. The van der Waals surface area contributed by atoms with Crippen molar-refractivity contribution in [1.29, 1.82) is 0 Å². The van der Waals surface area contributed by atoms with E-state index in [0.29, 0.717) is 25.2 Å². The summed E-state index contributed by atoms with van der Waals surface area (Å²) >= 11 is 0. The molecule has 0 amide bonds. The zero-order chi connectivity index (χ0) is 15.3. The zero-order valence-electron chi connectivity index (χ0n) is 12.4. The molecule has 0 bridgehead atoms. The van der Waals surface area contributed by atoms with Gasteiger partial charge in [-0.2, -0.15) is 4.31 Å². The monoisotopic (exact) mass is 307 g/mol. The van der Waals surface area contributed by atoms with Gasteiger partial charge in [0.25, 0.3) is 0 Å². The largest absolute Gasteiger partial charge is 0.480 e. The molecule has 0 aromatic rings. The van der Waals surface area contributed by atoms with Crippen molar-refractivity contribution in [2.45, 2.75) is 51.7 Å². The number of aliphatic carboxylic acids is 1. The Labute approximate surface area is 121 Å². The van der Waals surface area contributed by atoms with Crippen molar-refractivity contribution in [1.82, 2.24) is 4.31 Å². The van der Waals surface area contributed by atoms with Gasteiger partial charge in [-0.3, -0.25) is 4.79 Å². The second-order valence-electron chi connectivity index (χ2n) is 5.73. The number of hydrogen-bond donors (Lipinski definition) is 1. The molecule has 0 radical (unpaired) electrons. The highest BCUT2D eigenvalue weighted by Crippen LogP contribution is 2.22. The van der Waals surface area contributed by atoms with Gasteiger partial charge in [0.15, 0.2) is 0 Å². The average molecular weight is 307 g/mol. The van der Waals surface area contributed by atoms with Gasteiger partial charge < -0.3 is 9.84 Å². The van der Waals surface area contributed by atoms with Crippen LogP contribution in [-0.2, 0) is 19.6 Å². The quantitative estimate of drug-likeness (QED) is 0.767. The third-order valence-corrected chi connectivity index (χ3v) is 5.50. The predicted octanol–water partition coefficient (Wildman–Crippen LogP) is 1.32. The van der Waals surface area contributed by atoms with E-state index in [1.165, 1.54) is 7.11 Å². The maximum atomic E-state index is 12.4. The van der Waals surface area contributed by atoms with Gasteiger partial charge in [-0.15, -0.1) is 0 Å². The van der Waals surface area contributed by atoms with Crippen LogP contribution in [0.25, 0.3) is 0 Å². The lowest BCUT2D eigenvalue weighted by Crippen LogP contribution is -2.50. The Morgan fingerprint density at radius 1 is 1.40 bits per heavy atom. The van der Waals surface area contributed by atoms with Gasteiger partial charge in [-0.05, 0) is 31.6 Å². The summed E-state index contributed by atoms with van der Waals surface area (Å²) in [6.07, 6.45) is 2.10. The molecular formula is C13H25NO5S. The first kappa shape index (κ1) is 17.4. The molecule has 2 unspecified atom stereocenters. The summed E-state index contributed by atoms with van der Waals surface area (Å²) in [4.78, 5) is 11.2. The summed E-state index contributed by atoms with van der Waals surface area (Å²) in [5, 5.41) is 9.17. The Morgan fingerprint density at radius 2 is 2.05 bits per heavy atom. The van der Waals surface area contributed by atoms with Crippen molar-refractivity contribution in [3.05, 3.63) is 0 Å². The molecule has 6 nitrogen and oxygen atoms in total. The van der Waals surface area contributed by atoms with E-state index in [4.69, 9.17) is 4.74 Å². The molecule has 1 saturated heterocycles. The molecule has 20 heavy (non-hydrogen) atoms. The van der Waals surface area contributed by atoms with Crippen LogP contribution in [0.15, 0.2) is 0 Å². The van der Waals surface area contributed by atoms with Gasteiger partial charge in [-0.25, -0.2) is 8.42 Å². The molecule has 1 aliphatic rings. The standard InChI is InChI=1S/C13H25NO5S/c1-10(2)8-11(19-3)9-20(17,18)14-7-5-4-6-12(14)13(15)16/h10-12H,4-9H2,1-3H3,(H,15,16). The maximum Gasteiger partial charge on any atom is 0.322 e. The van der Waals surface area contributed by atoms with Crippen LogP contribution >= 0.6 is 0 Å². The molecule has 1 rings (SSSR count). The number of carboxylic acid groups (broad SMARTS) is 1. The number of ether oxygens (including phenoxy) is 1. The van der Waals surface area contributed by atoms with Crippen LogP contribution in [0, 0.1) is 5.92 Å². The van der Waals surface area contributed by atoms with E-state index >= 15 is 0 Å². The van der Waals surface area contributed by atoms with Crippen molar-refractivity contribution >= 4 is 16.0 Å². The Bertz CT molecular complexity index is 420. The molecule has 0 aromatic carbocycles. The molecule has 118 valence electrons. The van der Waals surface area contributed by atoms with Gasteiger partial charge in [0, 0.05) is 13.7 Å². The Hall–Kier alpha value is -0.660. The molecule has 2 atom stereocenters. The highest BCUT2D eigenvalue weighted by Gasteiger charge is 2.37. The first-order chi connectivity index (χ1) is 9.27. The van der Waals surface area contributed by atoms with Crippen molar-refractivity contribution in [3.8, 4) is 0 Å². The summed E-state index contributed by atoms with van der Waals surface area (Å²) in [6, 6.07) is -0.926. The van der Waals surface area contributed by atoms with E-state index in [-0.39, 0.29) is 12.3 Å². The van der Waals surface area contributed by atoms with Crippen LogP contribution in [0.3, 0.4) is 0 Å². The van der Waals surface area contributed by atoms with Crippen molar-refractivity contribution in [2.24, 2.45) is 5.92 Å². The molecule has 1 fully saturated rings. The molecule has 1 heterocycles. The van der Waals surface area contributed by atoms with Crippen LogP contribution < -0.4 is 0 Å². The van der Waals surface area contributed by atoms with E-state index in [0.717, 1.165) is 10.7 Å². The van der Waals surface area contributed by atoms with Crippen LogP contribution in [0.5, 0.6) is 0 Å². The lowest BCUT2D eigenvalue weighted by atomic mass is 10.1. The van der Waals surface area contributed by atoms with E-state index in [9.17, 15) is 18.3 Å². The van der Waals surface area contributed by atoms with Crippen LogP contribution in [0.2, 0.25) is 0 Å². The summed E-state index contributed by atoms with van der Waals surface area (Å²) in [5.74, 6) is -0.885. The number of carboxylic acids is 1. The number of rotatable bonds is 7. The lowest BCUT2D eigenvalue weighted by Gasteiger charge is -2.33. The number of sulfonamides is 1. The third-order valence-electron chi connectivity index (χ3n) is 3.56. The SMILES string of the molecule is COC(CC(C)C)CS(=O)(=O)N1CCCCC1C(=O)O. The number of carbonyl (C=O) groups is 1. The molecule has 0 aliphatic carbocycles. The average Bonchev–Trinajstić information content (AvgIpc) is 2.37. The van der Waals surface area contributed by atoms with Crippen molar-refractivity contribution in [2.75, 3.05) is 19.4 Å². The van der Waals surface area contributed by atoms with Gasteiger partial charge in [0.2, 0.25) is 10.0 Å². The number of piperidine rings is 1. The summed E-state index contributed by atoms with van der Waals surface area (Å²) in [7, 11) is -2.11. The highest BCUT2D eigenvalue weighted by atomic mass is 32.2. The molecule has 0 saturated carbocycles. The Balaban J connectivity index is 2.82. The van der Waals surface area contributed by atoms with Crippen molar-refractivity contribution < 1.29 is 23.1 Å². The topological polar surface area (TPSA) is 83.9 Å². The van der Waals surface area contributed by atoms with E-state index in [1.54, 1.807) is 0 Å². The molecule has 7 heteroatoms. The molecular weight excluding hydrogens is 282 g/mol. The fourth-order valence-corrected chi connectivity index (χ4v) is 4.50. The van der Waals surface area contributed by atoms with Gasteiger partial charge in [0.05, 0.1) is 11.9 Å². The van der Waals surface area contributed by atoms with Crippen LogP contribution in [0.4, 0.5) is 0 Å². The second-order valence-corrected chi connectivity index (χ2v) is 7.69. The minimum atomic E-state index is -3.61. The highest BCUT2D eigenvalue weighted by molar-refractivity contribution is 7.89. The normalized spacial score (nSPS) is 22.9. The van der Waals surface area contributed by atoms with E-state index < -0.39 is 28.1 Å². The smallest absolute Gasteiger partial charge is 0.322 e. The minimum absolute atomic E-state index is 0.147. The summed E-state index contributed by atoms with van der Waals surface area (Å²) in [5.41, 5.74) is 0. The van der Waals surface area contributed by atoms with E-state index in [2.05, 4.69) is 0 Å². The summed E-state index contributed by atoms with van der Waals surface area (Å²) < 4.78 is 31.2. The van der Waals surface area contributed by atoms with Gasteiger partial charge in [0.1, 0.15) is 6.04 Å². The summed E-state index contributed by atoms with van der Waals surface area (Å²) in [6.45, 7) is 4.29. The second kappa shape index (κ2) is 7.38. The van der Waals surface area contributed by atoms with Crippen molar-refractivity contribution in [3.63, 3.8) is 0 Å². The van der Waals surface area contributed by atoms with E-state index in [1.807, 2.05) is 13.8 Å². The minimum Gasteiger partial charge on any atom is -0.480 e. The Morgan fingerprint density at radius 3 is 2.55 bits per heavy atom. The predicted molar refractivity (Wildman–Crippen MR) is 76.0 cm³/mol. The van der Waals surface area contributed by atoms with Crippen LogP contribution in [0.1, 0.15) is 39.5 Å².